The molecule has 188 valence electrons. The molecule has 1 fully saturated rings. The van der Waals surface area contributed by atoms with Crippen LogP contribution in [0.3, 0.4) is 0 Å². The number of ether oxygens (including phenoxy) is 2. The normalized spacial score (nSPS) is 14.2. The van der Waals surface area contributed by atoms with Crippen LogP contribution in [0.2, 0.25) is 0 Å². The van der Waals surface area contributed by atoms with Gasteiger partial charge in [-0.2, -0.15) is 9.98 Å². The summed E-state index contributed by atoms with van der Waals surface area (Å²) in [5, 5.41) is 12.2. The summed E-state index contributed by atoms with van der Waals surface area (Å²) in [4.78, 5) is 30.0. The Bertz CT molecular complexity index is 1500. The Morgan fingerprint density at radius 1 is 1.25 bits per heavy atom. The first-order valence-corrected chi connectivity index (χ1v) is 12.6. The van der Waals surface area contributed by atoms with Gasteiger partial charge in [-0.15, -0.1) is 0 Å². The summed E-state index contributed by atoms with van der Waals surface area (Å²) in [5.41, 5.74) is 1.04. The van der Waals surface area contributed by atoms with Crippen LogP contribution in [0.15, 0.2) is 47.4 Å². The number of sulfonamides is 1. The summed E-state index contributed by atoms with van der Waals surface area (Å²) in [7, 11) is -0.779. The molecule has 2 aromatic heterocycles. The van der Waals surface area contributed by atoms with Crippen molar-refractivity contribution in [3.05, 3.63) is 69.6 Å². The fourth-order valence-electron chi connectivity index (χ4n) is 3.76. The van der Waals surface area contributed by atoms with Crippen LogP contribution >= 0.6 is 0 Å². The Morgan fingerprint density at radius 3 is 2.61 bits per heavy atom. The lowest BCUT2D eigenvalue weighted by atomic mass is 10.1. The number of carbonyl (C=O) groups is 1. The van der Waals surface area contributed by atoms with Crippen LogP contribution in [0, 0.1) is 11.3 Å². The van der Waals surface area contributed by atoms with Gasteiger partial charge in [-0.1, -0.05) is 12.1 Å². The van der Waals surface area contributed by atoms with Crippen molar-refractivity contribution in [3.63, 3.8) is 0 Å². The number of nitrogens with zero attached hydrogens (tertiary/aromatic N) is 3. The second-order valence-electron chi connectivity index (χ2n) is 8.52. The molecule has 1 aliphatic rings. The minimum atomic E-state index is -3.67. The zero-order valence-electron chi connectivity index (χ0n) is 19.8. The first kappa shape index (κ1) is 25.3. The SMILES string of the molecule is COCNS(=O)(=O)C1(COc2nccc3cc(C(=O)NCc4ccc(C#N)cc4)c(=O)n(C)c23)CC1. The predicted molar refractivity (Wildman–Crippen MR) is 131 cm³/mol. The summed E-state index contributed by atoms with van der Waals surface area (Å²) < 4.78 is 38.4. The highest BCUT2D eigenvalue weighted by Crippen LogP contribution is 2.43. The van der Waals surface area contributed by atoms with Crippen molar-refractivity contribution in [2.24, 2.45) is 7.05 Å². The van der Waals surface area contributed by atoms with Crippen molar-refractivity contribution in [1.29, 1.82) is 5.26 Å². The minimum absolute atomic E-state index is 0.0548. The lowest BCUT2D eigenvalue weighted by Gasteiger charge is -2.18. The third-order valence-electron chi connectivity index (χ3n) is 6.12. The van der Waals surface area contributed by atoms with Crippen molar-refractivity contribution in [2.75, 3.05) is 20.4 Å². The van der Waals surface area contributed by atoms with E-state index in [1.54, 1.807) is 30.3 Å². The second-order valence-corrected chi connectivity index (χ2v) is 10.7. The second kappa shape index (κ2) is 10.1. The van der Waals surface area contributed by atoms with Gasteiger partial charge in [0.15, 0.2) is 0 Å². The number of methoxy groups -OCH3 is 1. The van der Waals surface area contributed by atoms with Crippen molar-refractivity contribution >= 4 is 26.8 Å². The van der Waals surface area contributed by atoms with Crippen LogP contribution in [0.5, 0.6) is 5.88 Å². The molecule has 4 rings (SSSR count). The van der Waals surface area contributed by atoms with Gasteiger partial charge in [-0.25, -0.2) is 13.4 Å². The molecule has 0 bridgehead atoms. The molecule has 2 heterocycles. The van der Waals surface area contributed by atoms with Gasteiger partial charge in [0, 0.05) is 32.3 Å². The number of amides is 1. The van der Waals surface area contributed by atoms with Gasteiger partial charge in [-0.05, 0) is 42.7 Å². The number of aromatic nitrogens is 2. The van der Waals surface area contributed by atoms with Gasteiger partial charge in [-0.3, -0.25) is 9.59 Å². The maximum atomic E-state index is 13.0. The maximum absolute atomic E-state index is 13.0. The lowest BCUT2D eigenvalue weighted by molar-refractivity contribution is 0.0949. The number of fused-ring (bicyclic) bond motifs is 1. The average Bonchev–Trinajstić information content (AvgIpc) is 3.69. The molecular formula is C24H25N5O6S. The first-order chi connectivity index (χ1) is 17.2. The van der Waals surface area contributed by atoms with E-state index in [1.807, 2.05) is 6.07 Å². The van der Waals surface area contributed by atoms with Crippen LogP contribution < -0.4 is 20.3 Å². The molecule has 36 heavy (non-hydrogen) atoms. The van der Waals surface area contributed by atoms with E-state index in [1.165, 1.54) is 31.0 Å². The number of carbonyl (C=O) groups excluding carboxylic acids is 1. The number of hydrogen-bond acceptors (Lipinski definition) is 8. The molecule has 1 aromatic carbocycles. The number of benzene rings is 1. The van der Waals surface area contributed by atoms with Gasteiger partial charge < -0.3 is 19.4 Å². The Hall–Kier alpha value is -3.79. The smallest absolute Gasteiger partial charge is 0.263 e. The standard InChI is InChI=1S/C24H25N5O6S/c1-29-20-18(7-10-26-22(20)35-14-24(8-9-24)36(32,33)28-15-34-2)11-19(23(29)31)21(30)27-13-17-5-3-16(12-25)4-6-17/h3-7,10-11,28H,8-9,13-15H2,1-2H3,(H,27,30). The van der Waals surface area contributed by atoms with Gasteiger partial charge >= 0.3 is 0 Å². The summed E-state index contributed by atoms with van der Waals surface area (Å²) in [6.07, 6.45) is 2.33. The molecule has 0 saturated heterocycles. The molecule has 1 amide bonds. The number of hydrogen-bond donors (Lipinski definition) is 2. The summed E-state index contributed by atoms with van der Waals surface area (Å²) in [5.74, 6) is -0.446. The Balaban J connectivity index is 1.55. The molecule has 0 unspecified atom stereocenters. The average molecular weight is 512 g/mol. The van der Waals surface area contributed by atoms with E-state index in [2.05, 4.69) is 15.0 Å². The van der Waals surface area contributed by atoms with Crippen molar-refractivity contribution < 1.29 is 22.7 Å². The number of nitrogens with one attached hydrogen (secondary N) is 2. The Labute approximate surface area is 207 Å². The topological polar surface area (TPSA) is 152 Å². The van der Waals surface area contributed by atoms with Crippen molar-refractivity contribution in [1.82, 2.24) is 19.6 Å². The third kappa shape index (κ3) is 4.94. The first-order valence-electron chi connectivity index (χ1n) is 11.1. The molecule has 0 atom stereocenters. The monoisotopic (exact) mass is 511 g/mol. The van der Waals surface area contributed by atoms with E-state index in [0.717, 1.165) is 5.56 Å². The fourth-order valence-corrected chi connectivity index (χ4v) is 5.20. The maximum Gasteiger partial charge on any atom is 0.263 e. The van der Waals surface area contributed by atoms with Crippen LogP contribution in [0.4, 0.5) is 0 Å². The van der Waals surface area contributed by atoms with Crippen LogP contribution in [-0.2, 0) is 28.4 Å². The van der Waals surface area contributed by atoms with E-state index in [4.69, 9.17) is 14.7 Å². The van der Waals surface area contributed by atoms with Gasteiger partial charge in [0.25, 0.3) is 11.5 Å². The van der Waals surface area contributed by atoms with Crippen molar-refractivity contribution in [3.8, 4) is 11.9 Å². The zero-order valence-corrected chi connectivity index (χ0v) is 20.6. The van der Waals surface area contributed by atoms with E-state index in [-0.39, 0.29) is 31.3 Å². The molecule has 0 radical (unpaired) electrons. The molecule has 1 saturated carbocycles. The summed E-state index contributed by atoms with van der Waals surface area (Å²) >= 11 is 0. The van der Waals surface area contributed by atoms with E-state index < -0.39 is 26.2 Å². The highest BCUT2D eigenvalue weighted by atomic mass is 32.2. The molecule has 12 heteroatoms. The number of rotatable bonds is 10. The number of aryl methyl sites for hydroxylation is 1. The van der Waals surface area contributed by atoms with Crippen LogP contribution in [-0.4, -0.2) is 49.1 Å². The molecule has 11 nitrogen and oxygen atoms in total. The van der Waals surface area contributed by atoms with E-state index in [9.17, 15) is 18.0 Å². The third-order valence-corrected chi connectivity index (χ3v) is 8.28. The summed E-state index contributed by atoms with van der Waals surface area (Å²) in [6.45, 7) is -0.0929. The van der Waals surface area contributed by atoms with E-state index in [0.29, 0.717) is 29.3 Å². The molecule has 2 N–H and O–H groups in total. The quantitative estimate of drug-likeness (QED) is 0.385. The summed E-state index contributed by atoms with van der Waals surface area (Å²) in [6, 6.07) is 11.9. The van der Waals surface area contributed by atoms with Crippen molar-refractivity contribution in [2.45, 2.75) is 24.1 Å². The Morgan fingerprint density at radius 2 is 1.97 bits per heavy atom. The fraction of sp³-hybridized carbons (Fsp3) is 0.333. The molecule has 1 aliphatic carbocycles. The lowest BCUT2D eigenvalue weighted by Crippen LogP contribution is -2.40. The van der Waals surface area contributed by atoms with Gasteiger partial charge in [0.2, 0.25) is 15.9 Å². The Kier molecular flexibility index (Phi) is 7.07. The number of nitriles is 1. The molecular weight excluding hydrogens is 486 g/mol. The highest BCUT2D eigenvalue weighted by Gasteiger charge is 2.55. The molecule has 0 aliphatic heterocycles. The van der Waals surface area contributed by atoms with Gasteiger partial charge in [0.1, 0.15) is 29.2 Å². The van der Waals surface area contributed by atoms with Gasteiger partial charge in [0.05, 0.1) is 11.6 Å². The minimum Gasteiger partial charge on any atom is -0.474 e. The molecule has 0 spiro atoms. The van der Waals surface area contributed by atoms with Crippen LogP contribution in [0.25, 0.3) is 10.9 Å². The molecule has 3 aromatic rings. The predicted octanol–water partition coefficient (Wildman–Crippen LogP) is 1.17. The largest absolute Gasteiger partial charge is 0.474 e. The highest BCUT2D eigenvalue weighted by molar-refractivity contribution is 7.91. The van der Waals surface area contributed by atoms with E-state index >= 15 is 0 Å². The number of pyridine rings is 2. The zero-order chi connectivity index (χ0) is 25.9. The van der Waals surface area contributed by atoms with Crippen LogP contribution in [0.1, 0.15) is 34.3 Å².